The normalized spacial score (nSPS) is 10.3. The molecule has 19 heavy (non-hydrogen) atoms. The number of hydrogen-bond donors (Lipinski definition) is 0. The third kappa shape index (κ3) is 3.14. The van der Waals surface area contributed by atoms with E-state index in [0.717, 1.165) is 18.2 Å². The zero-order valence-electron chi connectivity index (χ0n) is 9.29. The average molecular weight is 331 g/mol. The molecule has 0 N–H and O–H groups in total. The molecule has 2 nitrogen and oxygen atoms in total. The average Bonchev–Trinajstić information content (AvgIpc) is 2.32. The molecule has 0 fully saturated rings. The predicted octanol–water partition coefficient (Wildman–Crippen LogP) is 4.47. The molecule has 98 valence electrons. The number of rotatable bonds is 3. The summed E-state index contributed by atoms with van der Waals surface area (Å²) in [6, 6.07) is 5.18. The van der Waals surface area contributed by atoms with E-state index in [0.29, 0.717) is 10.8 Å². The Morgan fingerprint density at radius 3 is 2.16 bits per heavy atom. The summed E-state index contributed by atoms with van der Waals surface area (Å²) in [5, 5.41) is 0. The van der Waals surface area contributed by atoms with Gasteiger partial charge in [-0.3, -0.25) is 4.79 Å². The van der Waals surface area contributed by atoms with Crippen molar-refractivity contribution in [3.63, 3.8) is 0 Å². The maximum Gasteiger partial charge on any atom is 0.198 e. The molecule has 0 spiro atoms. The molecule has 0 aromatic heterocycles. The molecule has 0 saturated carbocycles. The predicted molar refractivity (Wildman–Crippen MR) is 65.9 cm³/mol. The Kier molecular flexibility index (Phi) is 3.90. The van der Waals surface area contributed by atoms with Gasteiger partial charge in [-0.25, -0.2) is 13.2 Å². The molecule has 2 aromatic carbocycles. The summed E-state index contributed by atoms with van der Waals surface area (Å²) in [6.07, 6.45) is 0.314. The van der Waals surface area contributed by atoms with Crippen molar-refractivity contribution in [1.29, 1.82) is 0 Å². The minimum absolute atomic E-state index is 0.0662. The van der Waals surface area contributed by atoms with Crippen LogP contribution in [0.5, 0.6) is 11.5 Å². The Hall–Kier alpha value is -1.82. The van der Waals surface area contributed by atoms with Crippen LogP contribution in [0.25, 0.3) is 0 Å². The minimum atomic E-state index is -1.04. The molecule has 0 aliphatic carbocycles. The van der Waals surface area contributed by atoms with Crippen molar-refractivity contribution < 1.29 is 22.7 Å². The lowest BCUT2D eigenvalue weighted by Gasteiger charge is -2.09. The Bertz CT molecular complexity index is 601. The molecular weight excluding hydrogens is 325 g/mol. The third-order valence-corrected chi connectivity index (χ3v) is 2.67. The second kappa shape index (κ2) is 5.44. The quantitative estimate of drug-likeness (QED) is 0.776. The maximum atomic E-state index is 13.6. The van der Waals surface area contributed by atoms with E-state index in [1.165, 1.54) is 12.1 Å². The number of halogens is 4. The Morgan fingerprint density at radius 1 is 1.00 bits per heavy atom. The molecule has 0 bridgehead atoms. The largest absolute Gasteiger partial charge is 0.451 e. The van der Waals surface area contributed by atoms with Gasteiger partial charge in [-0.15, -0.1) is 0 Å². The van der Waals surface area contributed by atoms with E-state index in [1.807, 2.05) is 0 Å². The van der Waals surface area contributed by atoms with Crippen molar-refractivity contribution in [2.24, 2.45) is 0 Å². The molecule has 0 heterocycles. The van der Waals surface area contributed by atoms with Crippen molar-refractivity contribution in [2.45, 2.75) is 0 Å². The summed E-state index contributed by atoms with van der Waals surface area (Å²) >= 11 is 3.03. The van der Waals surface area contributed by atoms with Gasteiger partial charge < -0.3 is 4.74 Å². The maximum absolute atomic E-state index is 13.6. The van der Waals surface area contributed by atoms with E-state index in [9.17, 15) is 18.0 Å². The summed E-state index contributed by atoms with van der Waals surface area (Å²) in [7, 11) is 0. The standard InChI is InChI=1S/C13H6BrF3O2/c14-8-3-9(15)5-10(4-8)19-13-11(16)1-7(6-18)2-12(13)17/h1-6H. The number of carbonyl (C=O) groups excluding carboxylic acids is 1. The van der Waals surface area contributed by atoms with Crippen LogP contribution < -0.4 is 4.74 Å². The highest BCUT2D eigenvalue weighted by Crippen LogP contribution is 2.30. The molecular formula is C13H6BrF3O2. The molecule has 0 unspecified atom stereocenters. The molecule has 0 aliphatic rings. The second-order valence-corrected chi connectivity index (χ2v) is 4.55. The first-order valence-electron chi connectivity index (χ1n) is 5.08. The van der Waals surface area contributed by atoms with E-state index >= 15 is 0 Å². The molecule has 0 saturated heterocycles. The van der Waals surface area contributed by atoms with E-state index in [2.05, 4.69) is 15.9 Å². The first-order valence-corrected chi connectivity index (χ1v) is 5.87. The first-order chi connectivity index (χ1) is 8.99. The van der Waals surface area contributed by atoms with Crippen LogP contribution in [0.1, 0.15) is 10.4 Å². The summed E-state index contributed by atoms with van der Waals surface area (Å²) in [5.74, 6) is -3.45. The van der Waals surface area contributed by atoms with E-state index in [-0.39, 0.29) is 11.3 Å². The Labute approximate surface area is 114 Å². The summed E-state index contributed by atoms with van der Waals surface area (Å²) in [4.78, 5) is 10.4. The first kappa shape index (κ1) is 13.6. The van der Waals surface area contributed by atoms with E-state index < -0.39 is 23.2 Å². The van der Waals surface area contributed by atoms with Crippen molar-refractivity contribution >= 4 is 22.2 Å². The zero-order valence-corrected chi connectivity index (χ0v) is 10.9. The van der Waals surface area contributed by atoms with Crippen molar-refractivity contribution in [3.8, 4) is 11.5 Å². The van der Waals surface area contributed by atoms with Gasteiger partial charge in [0.15, 0.2) is 17.4 Å². The fourth-order valence-corrected chi connectivity index (χ4v) is 1.89. The number of benzene rings is 2. The zero-order chi connectivity index (χ0) is 14.0. The number of aldehydes is 1. The van der Waals surface area contributed by atoms with Gasteiger partial charge in [-0.2, -0.15) is 0 Å². The Balaban J connectivity index is 2.40. The molecule has 6 heteroatoms. The van der Waals surface area contributed by atoms with Gasteiger partial charge in [0.25, 0.3) is 0 Å². The Morgan fingerprint density at radius 2 is 1.63 bits per heavy atom. The SMILES string of the molecule is O=Cc1cc(F)c(Oc2cc(F)cc(Br)c2)c(F)c1. The van der Waals surface area contributed by atoms with Gasteiger partial charge in [0.2, 0.25) is 0 Å². The van der Waals surface area contributed by atoms with Gasteiger partial charge in [0.05, 0.1) is 0 Å². The molecule has 0 amide bonds. The lowest BCUT2D eigenvalue weighted by molar-refractivity contribution is 0.112. The summed E-state index contributed by atoms with van der Waals surface area (Å²) in [6.45, 7) is 0. The monoisotopic (exact) mass is 330 g/mol. The third-order valence-electron chi connectivity index (χ3n) is 2.21. The van der Waals surface area contributed by atoms with Crippen LogP contribution in [-0.2, 0) is 0 Å². The van der Waals surface area contributed by atoms with E-state index in [4.69, 9.17) is 4.74 Å². The van der Waals surface area contributed by atoms with Crippen LogP contribution in [0.4, 0.5) is 13.2 Å². The lowest BCUT2D eigenvalue weighted by Crippen LogP contribution is -1.95. The highest BCUT2D eigenvalue weighted by molar-refractivity contribution is 9.10. The fourth-order valence-electron chi connectivity index (χ4n) is 1.45. The van der Waals surface area contributed by atoms with Crippen LogP contribution in [0, 0.1) is 17.5 Å². The van der Waals surface area contributed by atoms with Crippen LogP contribution in [0.2, 0.25) is 0 Å². The van der Waals surface area contributed by atoms with Gasteiger partial charge >= 0.3 is 0 Å². The van der Waals surface area contributed by atoms with Crippen LogP contribution in [-0.4, -0.2) is 6.29 Å². The molecule has 0 radical (unpaired) electrons. The van der Waals surface area contributed by atoms with Crippen LogP contribution in [0.15, 0.2) is 34.8 Å². The smallest absolute Gasteiger partial charge is 0.198 e. The van der Waals surface area contributed by atoms with Gasteiger partial charge in [-0.1, -0.05) is 15.9 Å². The molecule has 0 atom stereocenters. The number of hydrogen-bond acceptors (Lipinski definition) is 2. The summed E-state index contributed by atoms with van der Waals surface area (Å²) < 4.78 is 45.6. The molecule has 2 aromatic rings. The number of ether oxygens (including phenoxy) is 1. The second-order valence-electron chi connectivity index (χ2n) is 3.64. The molecule has 0 aliphatic heterocycles. The van der Waals surface area contributed by atoms with Gasteiger partial charge in [-0.05, 0) is 24.3 Å². The number of carbonyl (C=O) groups is 1. The van der Waals surface area contributed by atoms with Gasteiger partial charge in [0, 0.05) is 16.1 Å². The molecule has 2 rings (SSSR count). The van der Waals surface area contributed by atoms with Crippen molar-refractivity contribution in [1.82, 2.24) is 0 Å². The summed E-state index contributed by atoms with van der Waals surface area (Å²) in [5.41, 5.74) is -0.150. The minimum Gasteiger partial charge on any atom is -0.451 e. The highest BCUT2D eigenvalue weighted by Gasteiger charge is 2.14. The fraction of sp³-hybridized carbons (Fsp3) is 0. The van der Waals surface area contributed by atoms with Crippen molar-refractivity contribution in [2.75, 3.05) is 0 Å². The highest BCUT2D eigenvalue weighted by atomic mass is 79.9. The van der Waals surface area contributed by atoms with Crippen LogP contribution >= 0.6 is 15.9 Å². The van der Waals surface area contributed by atoms with E-state index in [1.54, 1.807) is 0 Å². The topological polar surface area (TPSA) is 26.3 Å². The van der Waals surface area contributed by atoms with Crippen molar-refractivity contribution in [3.05, 3.63) is 57.8 Å². The lowest BCUT2D eigenvalue weighted by atomic mass is 10.2. The van der Waals surface area contributed by atoms with Gasteiger partial charge in [0.1, 0.15) is 17.9 Å². The van der Waals surface area contributed by atoms with Crippen LogP contribution in [0.3, 0.4) is 0 Å².